The van der Waals surface area contributed by atoms with Crippen LogP contribution in [0.4, 0.5) is 39.2 Å². The SMILES string of the molecule is Cc1cc(-c2ccc3c(n2)N(C(=O)Nc2cccc4nnc(C)cc24)[C@H]2CCN3C2)ccn1.Cc1cc(-c2ccc3c(n2)N[C@H]2CCN3C2)ccn1.Cc1cc2c(N)cccc2nn1. The third-order valence-corrected chi connectivity index (χ3v) is 12.1. The third-order valence-electron chi connectivity index (χ3n) is 12.1. The summed E-state index contributed by atoms with van der Waals surface area (Å²) in [6.07, 6.45) is 5.74. The van der Waals surface area contributed by atoms with Gasteiger partial charge in [-0.1, -0.05) is 12.1 Å². The van der Waals surface area contributed by atoms with Gasteiger partial charge in [-0.2, -0.15) is 20.4 Å². The predicted molar refractivity (Wildman–Crippen MR) is 254 cm³/mol. The number of nitrogens with one attached hydrogen (secondary N) is 2. The van der Waals surface area contributed by atoms with Gasteiger partial charge in [0.1, 0.15) is 0 Å². The maximum Gasteiger partial charge on any atom is 0.327 e. The van der Waals surface area contributed by atoms with Gasteiger partial charge in [0.15, 0.2) is 11.6 Å². The summed E-state index contributed by atoms with van der Waals surface area (Å²) in [4.78, 5) is 38.5. The Balaban J connectivity index is 0.000000130. The van der Waals surface area contributed by atoms with Gasteiger partial charge in [0.25, 0.3) is 0 Å². The number of nitrogens with zero attached hydrogens (tertiary/aromatic N) is 11. The Morgan fingerprint density at radius 1 is 0.656 bits per heavy atom. The summed E-state index contributed by atoms with van der Waals surface area (Å²) >= 11 is 0. The molecule has 2 aromatic carbocycles. The summed E-state index contributed by atoms with van der Waals surface area (Å²) < 4.78 is 0. The minimum Gasteiger partial charge on any atom is -0.398 e. The highest BCUT2D eigenvalue weighted by atomic mass is 16.2. The molecule has 4 aliphatic heterocycles. The Morgan fingerprint density at radius 2 is 1.28 bits per heavy atom. The second-order valence-electron chi connectivity index (χ2n) is 16.7. The Labute approximate surface area is 370 Å². The number of carbonyl (C=O) groups excluding carboxylic acids is 1. The lowest BCUT2D eigenvalue weighted by molar-refractivity contribution is 0.255. The fourth-order valence-corrected chi connectivity index (χ4v) is 8.94. The number of hydrogen-bond acceptors (Lipinski definition) is 13. The molecule has 0 radical (unpaired) electrons. The van der Waals surface area contributed by atoms with E-state index >= 15 is 0 Å². The van der Waals surface area contributed by atoms with Crippen molar-refractivity contribution in [2.45, 2.75) is 52.6 Å². The van der Waals surface area contributed by atoms with Crippen molar-refractivity contribution in [3.63, 3.8) is 0 Å². The zero-order valence-corrected chi connectivity index (χ0v) is 36.2. The lowest BCUT2D eigenvalue weighted by atomic mass is 10.1. The zero-order valence-electron chi connectivity index (χ0n) is 36.2. The van der Waals surface area contributed by atoms with Crippen LogP contribution in [0.1, 0.15) is 35.6 Å². The highest BCUT2D eigenvalue weighted by molar-refractivity contribution is 6.08. The van der Waals surface area contributed by atoms with Crippen LogP contribution in [0.25, 0.3) is 44.3 Å². The van der Waals surface area contributed by atoms with Gasteiger partial charge in [0.05, 0.1) is 56.9 Å². The molecule has 4 N–H and O–H groups in total. The van der Waals surface area contributed by atoms with Crippen molar-refractivity contribution in [3.8, 4) is 22.5 Å². The Kier molecular flexibility index (Phi) is 10.6. The van der Waals surface area contributed by atoms with Gasteiger partial charge in [-0.15, -0.1) is 0 Å². The molecule has 0 aliphatic carbocycles. The molecule has 4 aliphatic rings. The molecule has 15 nitrogen and oxygen atoms in total. The Bertz CT molecular complexity index is 3070. The first-order valence-electron chi connectivity index (χ1n) is 21.6. The first-order chi connectivity index (χ1) is 31.1. The van der Waals surface area contributed by atoms with Gasteiger partial charge in [-0.05, 0) is 125 Å². The van der Waals surface area contributed by atoms with E-state index in [-0.39, 0.29) is 12.1 Å². The number of pyridine rings is 4. The number of benzene rings is 2. The molecular weight excluding hydrogens is 801 g/mol. The van der Waals surface area contributed by atoms with Crippen molar-refractivity contribution in [1.29, 1.82) is 0 Å². The van der Waals surface area contributed by atoms with E-state index in [1.54, 1.807) is 6.20 Å². The lowest BCUT2D eigenvalue weighted by Gasteiger charge is -2.36. The number of rotatable bonds is 3. The molecule has 4 bridgehead atoms. The summed E-state index contributed by atoms with van der Waals surface area (Å²) in [7, 11) is 0. The van der Waals surface area contributed by atoms with Crippen LogP contribution >= 0.6 is 0 Å². The maximum absolute atomic E-state index is 13.7. The van der Waals surface area contributed by atoms with Gasteiger partial charge in [-0.25, -0.2) is 14.8 Å². The van der Waals surface area contributed by atoms with Crippen LogP contribution in [-0.2, 0) is 0 Å². The van der Waals surface area contributed by atoms with Gasteiger partial charge < -0.3 is 26.2 Å². The average Bonchev–Trinajstić information content (AvgIpc) is 3.91. The summed E-state index contributed by atoms with van der Waals surface area (Å²) in [5.74, 6) is 1.73. The number of amides is 2. The number of aromatic nitrogens is 8. The first kappa shape index (κ1) is 40.3. The van der Waals surface area contributed by atoms with Crippen molar-refractivity contribution >= 4 is 62.2 Å². The fourth-order valence-electron chi connectivity index (χ4n) is 8.94. The molecule has 64 heavy (non-hydrogen) atoms. The summed E-state index contributed by atoms with van der Waals surface area (Å²) in [6.45, 7) is 11.7. The quantitative estimate of drug-likeness (QED) is 0.145. The van der Waals surface area contributed by atoms with Crippen LogP contribution < -0.4 is 31.1 Å². The normalized spacial score (nSPS) is 16.5. The van der Waals surface area contributed by atoms with E-state index in [1.807, 2.05) is 112 Å². The highest BCUT2D eigenvalue weighted by Gasteiger charge is 2.40. The van der Waals surface area contributed by atoms with Crippen molar-refractivity contribution in [1.82, 2.24) is 40.3 Å². The van der Waals surface area contributed by atoms with Crippen molar-refractivity contribution in [2.24, 2.45) is 0 Å². The third kappa shape index (κ3) is 8.03. The molecule has 6 aromatic heterocycles. The largest absolute Gasteiger partial charge is 0.398 e. The lowest BCUT2D eigenvalue weighted by Crippen LogP contribution is -2.48. The standard InChI is InChI=1S/C25H23N7O.C15H16N4.C9H9N3/c1-15-12-17(8-10-26-15)20-6-7-23-24(27-20)32(18-9-11-31(23)14-18)25(33)28-21-4-3-5-22-19(21)13-16(2)29-30-22;1-10-8-11(4-6-16-10)13-2-3-14-15(18-13)17-12-5-7-19(14)9-12;1-6-5-7-8(10)3-2-4-9(7)12-11-6/h3-8,10,12-13,18H,9,11,14H2,1-2H3,(H,28,33);2-4,6,8,12H,5,7,9H2,1H3,(H,17,18);2-5H,10H2,1H3/t18-;12-;/m00./s1. The van der Waals surface area contributed by atoms with E-state index in [2.05, 4.69) is 75.1 Å². The van der Waals surface area contributed by atoms with Gasteiger partial charge in [-0.3, -0.25) is 14.9 Å². The molecule has 320 valence electrons. The summed E-state index contributed by atoms with van der Waals surface area (Å²) in [5, 5.41) is 24.9. The molecule has 2 saturated heterocycles. The molecule has 2 amide bonds. The van der Waals surface area contributed by atoms with Crippen LogP contribution in [0.5, 0.6) is 0 Å². The number of anilines is 6. The van der Waals surface area contributed by atoms with E-state index in [0.29, 0.717) is 11.9 Å². The number of hydrogen-bond donors (Lipinski definition) is 3. The van der Waals surface area contributed by atoms with E-state index in [9.17, 15) is 4.79 Å². The predicted octanol–water partition coefficient (Wildman–Crippen LogP) is 8.31. The number of nitrogens with two attached hydrogens (primary N) is 1. The number of nitrogen functional groups attached to an aromatic ring is 1. The van der Waals surface area contributed by atoms with Crippen LogP contribution in [0.3, 0.4) is 0 Å². The Morgan fingerprint density at radius 3 is 2.00 bits per heavy atom. The van der Waals surface area contributed by atoms with Gasteiger partial charge in [0.2, 0.25) is 0 Å². The molecule has 15 heteroatoms. The fraction of sp³-hybridized carbons (Fsp3) is 0.245. The van der Waals surface area contributed by atoms with E-state index in [1.165, 1.54) is 12.1 Å². The summed E-state index contributed by atoms with van der Waals surface area (Å²) in [5.41, 5.74) is 18.7. The zero-order chi connectivity index (χ0) is 43.9. The topological polar surface area (TPSA) is 180 Å². The molecule has 2 fully saturated rings. The number of fused-ring (bicyclic) bond motifs is 10. The minimum atomic E-state index is -0.180. The van der Waals surface area contributed by atoms with Crippen molar-refractivity contribution in [2.75, 3.05) is 57.2 Å². The first-order valence-corrected chi connectivity index (χ1v) is 21.6. The smallest absolute Gasteiger partial charge is 0.327 e. The molecule has 10 heterocycles. The number of aryl methyl sites for hydroxylation is 4. The molecule has 0 unspecified atom stereocenters. The highest BCUT2D eigenvalue weighted by Crippen LogP contribution is 2.41. The molecule has 8 aromatic rings. The molecular formula is C49H48N14O. The van der Waals surface area contributed by atoms with Crippen LogP contribution in [0, 0.1) is 27.7 Å². The number of urea groups is 1. The van der Waals surface area contributed by atoms with Crippen LogP contribution in [0.2, 0.25) is 0 Å². The van der Waals surface area contributed by atoms with Crippen LogP contribution in [0.15, 0.2) is 109 Å². The Hall–Kier alpha value is -7.81. The second kappa shape index (κ2) is 16.8. The van der Waals surface area contributed by atoms with Crippen molar-refractivity contribution < 1.29 is 4.79 Å². The molecule has 12 rings (SSSR count). The molecule has 2 atom stereocenters. The molecule has 0 saturated carbocycles. The number of carbonyl (C=O) groups is 1. The van der Waals surface area contributed by atoms with Crippen LogP contribution in [-0.4, -0.2) is 84.6 Å². The van der Waals surface area contributed by atoms with Gasteiger partial charge >= 0.3 is 6.03 Å². The van der Waals surface area contributed by atoms with E-state index in [0.717, 1.165) is 123 Å². The van der Waals surface area contributed by atoms with Gasteiger partial charge in [0, 0.05) is 83.6 Å². The maximum atomic E-state index is 13.7. The monoisotopic (exact) mass is 848 g/mol. The van der Waals surface area contributed by atoms with E-state index in [4.69, 9.17) is 15.7 Å². The van der Waals surface area contributed by atoms with Crippen molar-refractivity contribution in [3.05, 3.63) is 132 Å². The second-order valence-corrected chi connectivity index (χ2v) is 16.7. The summed E-state index contributed by atoms with van der Waals surface area (Å²) in [6, 6.07) is 32.1. The molecule has 0 spiro atoms. The minimum absolute atomic E-state index is 0.0796. The van der Waals surface area contributed by atoms with E-state index < -0.39 is 0 Å². The average molecular weight is 849 g/mol.